The summed E-state index contributed by atoms with van der Waals surface area (Å²) in [5, 5.41) is 9.46. The minimum Gasteiger partial charge on any atom is -0.389 e. The molecule has 76 valence electrons. The van der Waals surface area contributed by atoms with Crippen LogP contribution in [0.5, 0.6) is 0 Å². The van der Waals surface area contributed by atoms with Gasteiger partial charge in [-0.15, -0.1) is 0 Å². The van der Waals surface area contributed by atoms with Crippen LogP contribution >= 0.6 is 0 Å². The summed E-state index contributed by atoms with van der Waals surface area (Å²) in [5.41, 5.74) is 0. The van der Waals surface area contributed by atoms with Gasteiger partial charge in [0.05, 0.1) is 18.8 Å². The number of aliphatic hydroxyl groups excluding tert-OH is 1. The van der Waals surface area contributed by atoms with Crippen LogP contribution in [0.4, 0.5) is 0 Å². The summed E-state index contributed by atoms with van der Waals surface area (Å²) in [6.07, 6.45) is 3.79. The number of aliphatic hydroxyl groups is 1. The van der Waals surface area contributed by atoms with Crippen molar-refractivity contribution >= 4 is 0 Å². The van der Waals surface area contributed by atoms with Gasteiger partial charge in [-0.1, -0.05) is 12.2 Å². The highest BCUT2D eigenvalue weighted by atomic mass is 16.7. The molecule has 1 heterocycles. The Kier molecular flexibility index (Phi) is 3.47. The molecular weight excluding hydrogens is 168 g/mol. The van der Waals surface area contributed by atoms with E-state index in [4.69, 9.17) is 9.47 Å². The van der Waals surface area contributed by atoms with Gasteiger partial charge < -0.3 is 14.6 Å². The minimum atomic E-state index is -0.486. The predicted octanol–water partition coefficient (Wildman–Crippen LogP) is 1.46. The largest absolute Gasteiger partial charge is 0.389 e. The van der Waals surface area contributed by atoms with E-state index >= 15 is 0 Å². The molecule has 0 unspecified atom stereocenters. The molecule has 1 N–H and O–H groups in total. The lowest BCUT2D eigenvalue weighted by molar-refractivity contribution is -0.140. The van der Waals surface area contributed by atoms with E-state index < -0.39 is 11.9 Å². The fraction of sp³-hybridized carbons (Fsp3) is 0.800. The number of hydrogen-bond donors (Lipinski definition) is 1. The van der Waals surface area contributed by atoms with Gasteiger partial charge in [-0.05, 0) is 20.8 Å². The van der Waals surface area contributed by atoms with E-state index in [0.717, 1.165) is 0 Å². The second kappa shape index (κ2) is 4.22. The van der Waals surface area contributed by atoms with Crippen LogP contribution in [-0.2, 0) is 9.47 Å². The first kappa shape index (κ1) is 10.7. The maximum atomic E-state index is 9.46. The Morgan fingerprint density at radius 3 is 2.77 bits per heavy atom. The van der Waals surface area contributed by atoms with Crippen molar-refractivity contribution in [2.75, 3.05) is 6.61 Å². The van der Waals surface area contributed by atoms with Gasteiger partial charge in [0.15, 0.2) is 5.79 Å². The first-order chi connectivity index (χ1) is 6.03. The number of hydrogen-bond acceptors (Lipinski definition) is 3. The summed E-state index contributed by atoms with van der Waals surface area (Å²) >= 11 is 0. The maximum Gasteiger partial charge on any atom is 0.163 e. The molecule has 1 fully saturated rings. The first-order valence-corrected chi connectivity index (χ1v) is 4.66. The molecule has 0 aromatic rings. The fourth-order valence-corrected chi connectivity index (χ4v) is 1.45. The van der Waals surface area contributed by atoms with Crippen molar-refractivity contribution < 1.29 is 14.6 Å². The molecular formula is C10H18O3. The van der Waals surface area contributed by atoms with Crippen molar-refractivity contribution in [3.05, 3.63) is 12.2 Å². The topological polar surface area (TPSA) is 38.7 Å². The average Bonchev–Trinajstić information content (AvgIpc) is 2.30. The molecule has 3 nitrogen and oxygen atoms in total. The van der Waals surface area contributed by atoms with Gasteiger partial charge in [0.1, 0.15) is 0 Å². The van der Waals surface area contributed by atoms with Crippen molar-refractivity contribution in [1.29, 1.82) is 0 Å². The highest BCUT2D eigenvalue weighted by Crippen LogP contribution is 2.24. The van der Waals surface area contributed by atoms with Crippen LogP contribution in [0.25, 0.3) is 0 Å². The maximum absolute atomic E-state index is 9.46. The quantitative estimate of drug-likeness (QED) is 0.678. The van der Waals surface area contributed by atoms with E-state index in [-0.39, 0.29) is 6.10 Å². The van der Waals surface area contributed by atoms with Crippen LogP contribution in [0.1, 0.15) is 27.2 Å². The van der Waals surface area contributed by atoms with E-state index in [2.05, 4.69) is 0 Å². The second-order valence-electron chi connectivity index (χ2n) is 3.78. The summed E-state index contributed by atoms with van der Waals surface area (Å²) in [6, 6.07) is 0. The van der Waals surface area contributed by atoms with Crippen LogP contribution in [0.2, 0.25) is 0 Å². The number of ether oxygens (including phenoxy) is 2. The molecule has 0 aliphatic carbocycles. The molecule has 1 saturated heterocycles. The smallest absolute Gasteiger partial charge is 0.163 e. The number of rotatable bonds is 3. The Hall–Kier alpha value is -0.380. The molecule has 0 bridgehead atoms. The molecule has 1 rings (SSSR count). The van der Waals surface area contributed by atoms with E-state index in [0.29, 0.717) is 13.0 Å². The van der Waals surface area contributed by atoms with E-state index in [9.17, 15) is 5.11 Å². The summed E-state index contributed by atoms with van der Waals surface area (Å²) in [5.74, 6) is -0.486. The first-order valence-electron chi connectivity index (χ1n) is 4.66. The average molecular weight is 186 g/mol. The summed E-state index contributed by atoms with van der Waals surface area (Å²) in [7, 11) is 0. The molecule has 0 radical (unpaired) electrons. The Balaban J connectivity index is 2.32. The van der Waals surface area contributed by atoms with Gasteiger partial charge in [0, 0.05) is 6.42 Å². The van der Waals surface area contributed by atoms with Crippen LogP contribution in [0.3, 0.4) is 0 Å². The molecule has 1 aliphatic rings. The molecule has 0 amide bonds. The van der Waals surface area contributed by atoms with Gasteiger partial charge in [0.25, 0.3) is 0 Å². The van der Waals surface area contributed by atoms with Crippen molar-refractivity contribution in [3.63, 3.8) is 0 Å². The SMILES string of the molecule is C/C=C\[C@@H](O)C[C@@H]1COC(C)(C)O1. The second-order valence-corrected chi connectivity index (χ2v) is 3.78. The normalized spacial score (nSPS) is 29.7. The summed E-state index contributed by atoms with van der Waals surface area (Å²) in [4.78, 5) is 0. The third kappa shape index (κ3) is 3.46. The summed E-state index contributed by atoms with van der Waals surface area (Å²) < 4.78 is 10.9. The van der Waals surface area contributed by atoms with Crippen LogP contribution in [-0.4, -0.2) is 29.7 Å². The highest BCUT2D eigenvalue weighted by molar-refractivity contribution is 4.88. The molecule has 2 atom stereocenters. The Morgan fingerprint density at radius 1 is 1.62 bits per heavy atom. The monoisotopic (exact) mass is 186 g/mol. The van der Waals surface area contributed by atoms with Crippen molar-refractivity contribution in [2.24, 2.45) is 0 Å². The van der Waals surface area contributed by atoms with Crippen LogP contribution in [0.15, 0.2) is 12.2 Å². The summed E-state index contributed by atoms with van der Waals surface area (Å²) in [6.45, 7) is 6.23. The van der Waals surface area contributed by atoms with Crippen LogP contribution in [0, 0.1) is 0 Å². The van der Waals surface area contributed by atoms with Crippen LogP contribution < -0.4 is 0 Å². The standard InChI is InChI=1S/C10H18O3/c1-4-5-8(11)6-9-7-12-10(2,3)13-9/h4-5,8-9,11H,6-7H2,1-3H3/b5-4-/t8-,9-/m1/s1. The zero-order valence-electron chi connectivity index (χ0n) is 8.49. The van der Waals surface area contributed by atoms with Gasteiger partial charge in [-0.2, -0.15) is 0 Å². The van der Waals surface area contributed by atoms with E-state index in [1.807, 2.05) is 26.8 Å². The van der Waals surface area contributed by atoms with Crippen molar-refractivity contribution in [1.82, 2.24) is 0 Å². The minimum absolute atomic E-state index is 0.0150. The molecule has 0 aromatic carbocycles. The lowest BCUT2D eigenvalue weighted by atomic mass is 10.1. The Labute approximate surface area is 79.3 Å². The Morgan fingerprint density at radius 2 is 2.31 bits per heavy atom. The van der Waals surface area contributed by atoms with Gasteiger partial charge in [-0.3, -0.25) is 0 Å². The molecule has 3 heteroatoms. The molecule has 1 aliphatic heterocycles. The lowest BCUT2D eigenvalue weighted by Gasteiger charge is -2.17. The van der Waals surface area contributed by atoms with Gasteiger partial charge >= 0.3 is 0 Å². The zero-order chi connectivity index (χ0) is 9.90. The van der Waals surface area contributed by atoms with E-state index in [1.54, 1.807) is 6.08 Å². The molecule has 0 spiro atoms. The fourth-order valence-electron chi connectivity index (χ4n) is 1.45. The number of allylic oxidation sites excluding steroid dienone is 1. The van der Waals surface area contributed by atoms with Gasteiger partial charge in [0.2, 0.25) is 0 Å². The lowest BCUT2D eigenvalue weighted by Crippen LogP contribution is -2.23. The molecule has 13 heavy (non-hydrogen) atoms. The third-order valence-electron chi connectivity index (χ3n) is 1.99. The van der Waals surface area contributed by atoms with Gasteiger partial charge in [-0.25, -0.2) is 0 Å². The highest BCUT2D eigenvalue weighted by Gasteiger charge is 2.33. The van der Waals surface area contributed by atoms with Crippen molar-refractivity contribution in [3.8, 4) is 0 Å². The Bertz CT molecular complexity index is 187. The molecule has 0 aromatic heterocycles. The molecule has 0 saturated carbocycles. The zero-order valence-corrected chi connectivity index (χ0v) is 8.49. The third-order valence-corrected chi connectivity index (χ3v) is 1.99. The predicted molar refractivity (Wildman–Crippen MR) is 50.3 cm³/mol. The van der Waals surface area contributed by atoms with Crippen molar-refractivity contribution in [2.45, 2.75) is 45.2 Å². The van der Waals surface area contributed by atoms with E-state index in [1.165, 1.54) is 0 Å².